The van der Waals surface area contributed by atoms with Crippen LogP contribution in [0.25, 0.3) is 11.0 Å². The van der Waals surface area contributed by atoms with E-state index in [1.165, 1.54) is 6.07 Å². The smallest absolute Gasteiger partial charge is 0.178 e. The molecule has 2 aromatic rings. The third-order valence-electron chi connectivity index (χ3n) is 2.55. The first-order valence-electron chi connectivity index (χ1n) is 5.20. The number of hydrogen-bond donors (Lipinski definition) is 1. The van der Waals surface area contributed by atoms with E-state index in [4.69, 9.17) is 28.6 Å². The molecule has 0 saturated heterocycles. The lowest BCUT2D eigenvalue weighted by Gasteiger charge is -2.04. The highest BCUT2D eigenvalue weighted by Crippen LogP contribution is 2.22. The van der Waals surface area contributed by atoms with Gasteiger partial charge in [0.05, 0.1) is 16.1 Å². The van der Waals surface area contributed by atoms with Crippen molar-refractivity contribution in [1.29, 1.82) is 0 Å². The first-order valence-corrected chi connectivity index (χ1v) is 5.98. The fourth-order valence-electron chi connectivity index (χ4n) is 1.74. The molecule has 0 radical (unpaired) electrons. The number of benzene rings is 1. The summed E-state index contributed by atoms with van der Waals surface area (Å²) in [4.78, 5) is 2.96. The molecule has 0 unspecified atom stereocenters. The number of aryl methyl sites for hydroxylation is 1. The number of imidazole rings is 1. The molecule has 1 aromatic carbocycles. The number of methoxy groups -OCH3 is 1. The molecular weight excluding hydrogens is 263 g/mol. The number of nitrogens with zero attached hydrogens (tertiary/aromatic N) is 1. The minimum Gasteiger partial charge on any atom is -0.385 e. The van der Waals surface area contributed by atoms with Gasteiger partial charge in [-0.15, -0.1) is 0 Å². The van der Waals surface area contributed by atoms with Gasteiger partial charge in [0.2, 0.25) is 0 Å². The van der Waals surface area contributed by atoms with Crippen LogP contribution in [0.1, 0.15) is 6.42 Å². The molecular formula is C11H12ClFN2OS. The minimum absolute atomic E-state index is 0.104. The van der Waals surface area contributed by atoms with Gasteiger partial charge >= 0.3 is 0 Å². The molecule has 0 saturated carbocycles. The number of H-pyrrole nitrogens is 1. The van der Waals surface area contributed by atoms with E-state index in [1.807, 2.05) is 4.57 Å². The van der Waals surface area contributed by atoms with Gasteiger partial charge in [0.25, 0.3) is 0 Å². The van der Waals surface area contributed by atoms with Gasteiger partial charge in [-0.2, -0.15) is 0 Å². The standard InChI is InChI=1S/C11H12ClFN2OS/c1-16-4-2-3-15-10-5-7(12)8(13)6-9(10)14-11(15)17/h5-6H,2-4H2,1H3,(H,14,17). The highest BCUT2D eigenvalue weighted by molar-refractivity contribution is 7.71. The zero-order valence-electron chi connectivity index (χ0n) is 9.30. The molecule has 1 aromatic heterocycles. The highest BCUT2D eigenvalue weighted by atomic mass is 35.5. The number of aromatic amines is 1. The molecule has 0 atom stereocenters. The molecule has 0 aliphatic carbocycles. The van der Waals surface area contributed by atoms with Crippen molar-refractivity contribution < 1.29 is 9.13 Å². The van der Waals surface area contributed by atoms with Gasteiger partial charge in [-0.25, -0.2) is 4.39 Å². The maximum Gasteiger partial charge on any atom is 0.178 e. The molecule has 0 spiro atoms. The Bertz CT molecular complexity index is 593. The summed E-state index contributed by atoms with van der Waals surface area (Å²) in [6.45, 7) is 1.37. The van der Waals surface area contributed by atoms with E-state index in [-0.39, 0.29) is 5.02 Å². The van der Waals surface area contributed by atoms with Gasteiger partial charge in [-0.05, 0) is 24.7 Å². The van der Waals surface area contributed by atoms with Crippen molar-refractivity contribution in [1.82, 2.24) is 9.55 Å². The molecule has 0 aliphatic rings. The number of fused-ring (bicyclic) bond motifs is 1. The molecule has 6 heteroatoms. The van der Waals surface area contributed by atoms with Crippen LogP contribution in [0.2, 0.25) is 5.02 Å². The highest BCUT2D eigenvalue weighted by Gasteiger charge is 2.08. The maximum absolute atomic E-state index is 13.3. The van der Waals surface area contributed by atoms with Gasteiger partial charge in [0, 0.05) is 26.3 Å². The molecule has 17 heavy (non-hydrogen) atoms. The third kappa shape index (κ3) is 2.51. The number of hydrogen-bond acceptors (Lipinski definition) is 2. The lowest BCUT2D eigenvalue weighted by Crippen LogP contribution is -2.01. The van der Waals surface area contributed by atoms with Gasteiger partial charge < -0.3 is 14.3 Å². The lowest BCUT2D eigenvalue weighted by molar-refractivity contribution is 0.190. The van der Waals surface area contributed by atoms with Crippen molar-refractivity contribution >= 4 is 34.9 Å². The van der Waals surface area contributed by atoms with Crippen LogP contribution < -0.4 is 0 Å². The second-order valence-electron chi connectivity index (χ2n) is 3.71. The van der Waals surface area contributed by atoms with Crippen molar-refractivity contribution in [2.75, 3.05) is 13.7 Å². The summed E-state index contributed by atoms with van der Waals surface area (Å²) < 4.78 is 20.7. The van der Waals surface area contributed by atoms with Crippen LogP contribution in [0.4, 0.5) is 4.39 Å². The summed E-state index contributed by atoms with van der Waals surface area (Å²) >= 11 is 11.0. The van der Waals surface area contributed by atoms with Crippen molar-refractivity contribution in [2.45, 2.75) is 13.0 Å². The van der Waals surface area contributed by atoms with E-state index >= 15 is 0 Å². The van der Waals surface area contributed by atoms with Gasteiger partial charge in [0.15, 0.2) is 4.77 Å². The number of ether oxygens (including phenoxy) is 1. The molecule has 1 N–H and O–H groups in total. The summed E-state index contributed by atoms with van der Waals surface area (Å²) in [5.41, 5.74) is 1.48. The predicted octanol–water partition coefficient (Wildman–Crippen LogP) is 3.53. The van der Waals surface area contributed by atoms with Crippen LogP contribution in [-0.4, -0.2) is 23.3 Å². The van der Waals surface area contributed by atoms with Crippen molar-refractivity contribution in [3.05, 3.63) is 27.7 Å². The fourth-order valence-corrected chi connectivity index (χ4v) is 2.20. The molecule has 1 heterocycles. The first kappa shape index (κ1) is 12.5. The predicted molar refractivity (Wildman–Crippen MR) is 68.6 cm³/mol. The van der Waals surface area contributed by atoms with Crippen LogP contribution in [0.5, 0.6) is 0 Å². The largest absolute Gasteiger partial charge is 0.385 e. The Kier molecular flexibility index (Phi) is 3.81. The van der Waals surface area contributed by atoms with Crippen LogP contribution in [0, 0.1) is 10.6 Å². The second kappa shape index (κ2) is 5.16. The quantitative estimate of drug-likeness (QED) is 0.683. The van der Waals surface area contributed by atoms with Crippen LogP contribution >= 0.6 is 23.8 Å². The number of rotatable bonds is 4. The van der Waals surface area contributed by atoms with Crippen LogP contribution in [-0.2, 0) is 11.3 Å². The van der Waals surface area contributed by atoms with Crippen molar-refractivity contribution in [3.8, 4) is 0 Å². The topological polar surface area (TPSA) is 29.9 Å². The summed E-state index contributed by atoms with van der Waals surface area (Å²) in [6, 6.07) is 2.95. The number of aromatic nitrogens is 2. The van der Waals surface area contributed by atoms with E-state index in [2.05, 4.69) is 4.98 Å². The molecule has 2 rings (SSSR count). The van der Waals surface area contributed by atoms with Crippen LogP contribution in [0.3, 0.4) is 0 Å². The molecule has 0 bridgehead atoms. The Balaban J connectivity index is 2.44. The fraction of sp³-hybridized carbons (Fsp3) is 0.364. The Hall–Kier alpha value is -0.910. The van der Waals surface area contributed by atoms with E-state index in [0.29, 0.717) is 23.4 Å². The Morgan fingerprint density at radius 1 is 1.53 bits per heavy atom. The summed E-state index contributed by atoms with van der Waals surface area (Å²) in [5, 5.41) is 0.104. The van der Waals surface area contributed by atoms with Crippen LogP contribution in [0.15, 0.2) is 12.1 Å². The molecule has 0 aliphatic heterocycles. The number of halogens is 2. The van der Waals surface area contributed by atoms with Gasteiger partial charge in [-0.3, -0.25) is 0 Å². The molecule has 0 fully saturated rings. The Morgan fingerprint density at radius 2 is 2.29 bits per heavy atom. The molecule has 92 valence electrons. The van der Waals surface area contributed by atoms with Gasteiger partial charge in [-0.1, -0.05) is 11.6 Å². The lowest BCUT2D eigenvalue weighted by atomic mass is 10.3. The second-order valence-corrected chi connectivity index (χ2v) is 4.51. The minimum atomic E-state index is -0.445. The van der Waals surface area contributed by atoms with E-state index < -0.39 is 5.82 Å². The van der Waals surface area contributed by atoms with Gasteiger partial charge in [0.1, 0.15) is 5.82 Å². The Morgan fingerprint density at radius 3 is 3.00 bits per heavy atom. The number of nitrogens with one attached hydrogen (secondary N) is 1. The average Bonchev–Trinajstić information content (AvgIpc) is 2.57. The van der Waals surface area contributed by atoms with Crippen molar-refractivity contribution in [2.24, 2.45) is 0 Å². The molecule has 0 amide bonds. The summed E-state index contributed by atoms with van der Waals surface area (Å²) in [6.07, 6.45) is 0.840. The van der Waals surface area contributed by atoms with E-state index in [1.54, 1.807) is 13.2 Å². The average molecular weight is 275 g/mol. The monoisotopic (exact) mass is 274 g/mol. The Labute approximate surface area is 108 Å². The molecule has 3 nitrogen and oxygen atoms in total. The first-order chi connectivity index (χ1) is 8.13. The zero-order valence-corrected chi connectivity index (χ0v) is 10.9. The maximum atomic E-state index is 13.3. The zero-order chi connectivity index (χ0) is 12.4. The normalized spacial score (nSPS) is 11.2. The van der Waals surface area contributed by atoms with E-state index in [0.717, 1.165) is 11.9 Å². The SMILES string of the molecule is COCCCn1c(=S)[nH]c2cc(F)c(Cl)cc21. The third-order valence-corrected chi connectivity index (χ3v) is 3.16. The van der Waals surface area contributed by atoms with Crippen molar-refractivity contribution in [3.63, 3.8) is 0 Å². The summed E-state index contributed by atoms with van der Waals surface area (Å²) in [7, 11) is 1.65. The van der Waals surface area contributed by atoms with E-state index in [9.17, 15) is 4.39 Å². The summed E-state index contributed by atoms with van der Waals surface area (Å²) in [5.74, 6) is -0.445.